The zero-order valence-electron chi connectivity index (χ0n) is 8.95. The van der Waals surface area contributed by atoms with E-state index in [1.165, 1.54) is 0 Å². The van der Waals surface area contributed by atoms with Crippen molar-refractivity contribution < 1.29 is 9.59 Å². The Morgan fingerprint density at radius 3 is 2.33 bits per heavy atom. The van der Waals surface area contributed by atoms with Crippen LogP contribution in [0.3, 0.4) is 0 Å². The molecule has 0 N–H and O–H groups in total. The second kappa shape index (κ2) is 5.84. The molecule has 0 heterocycles. The van der Waals surface area contributed by atoms with E-state index in [4.69, 9.17) is 0 Å². The molecule has 0 atom stereocenters. The van der Waals surface area contributed by atoms with Gasteiger partial charge in [0.25, 0.3) is 0 Å². The number of rotatable bonds is 5. The average Bonchev–Trinajstić information content (AvgIpc) is 2.18. The van der Waals surface area contributed by atoms with Crippen molar-refractivity contribution >= 4 is 25.4 Å². The van der Waals surface area contributed by atoms with Crippen LogP contribution in [-0.2, 0) is 4.79 Å². The summed E-state index contributed by atoms with van der Waals surface area (Å²) in [5, 5.41) is 0.717. The van der Waals surface area contributed by atoms with Gasteiger partial charge in [0.1, 0.15) is 0 Å². The van der Waals surface area contributed by atoms with Gasteiger partial charge in [-0.15, -0.1) is 0 Å². The van der Waals surface area contributed by atoms with Crippen molar-refractivity contribution in [1.82, 2.24) is 0 Å². The van der Waals surface area contributed by atoms with E-state index in [-0.39, 0.29) is 25.4 Å². The van der Waals surface area contributed by atoms with Crippen molar-refractivity contribution in [3.63, 3.8) is 0 Å². The van der Waals surface area contributed by atoms with E-state index in [0.29, 0.717) is 6.42 Å². The summed E-state index contributed by atoms with van der Waals surface area (Å²) in [6.07, 6.45) is 0.525. The van der Waals surface area contributed by atoms with Crippen LogP contribution in [0.25, 0.3) is 0 Å². The molecule has 80 valence electrons. The molecule has 0 amide bonds. The summed E-state index contributed by atoms with van der Waals surface area (Å²) in [5.41, 5.74) is 1.92. The molecular weight excluding hydrogens is 255 g/mol. The topological polar surface area (TPSA) is 34.1 Å². The van der Waals surface area contributed by atoms with Crippen molar-refractivity contribution in [2.45, 2.75) is 25.6 Å². The number of ketones is 1. The molecule has 0 spiro atoms. The molecule has 0 aliphatic carbocycles. The third kappa shape index (κ3) is 4.41. The molecule has 0 aliphatic heterocycles. The molecule has 2 nitrogen and oxygen atoms in total. The number of benzene rings is 1. The van der Waals surface area contributed by atoms with Crippen LogP contribution in [0, 0.1) is 6.92 Å². The maximum absolute atomic E-state index is 11.7. The molecule has 0 bridgehead atoms. The van der Waals surface area contributed by atoms with Gasteiger partial charge in [0.2, 0.25) is 0 Å². The van der Waals surface area contributed by atoms with Crippen LogP contribution >= 0.6 is 0 Å². The minimum atomic E-state index is -0.0963. The van der Waals surface area contributed by atoms with Crippen LogP contribution in [0.2, 0.25) is 5.32 Å². The third-order valence-corrected chi connectivity index (χ3v) is 3.88. The number of aryl methyl sites for hydroxylation is 1. The van der Waals surface area contributed by atoms with Crippen molar-refractivity contribution in [2.75, 3.05) is 0 Å². The second-order valence-electron chi connectivity index (χ2n) is 3.45. The predicted molar refractivity (Wildman–Crippen MR) is 61.4 cm³/mol. The summed E-state index contributed by atoms with van der Waals surface area (Å²) in [5.74, 6) is 0.161. The van der Waals surface area contributed by atoms with E-state index < -0.39 is 0 Å². The molecule has 0 saturated heterocycles. The average molecular weight is 269 g/mol. The molecular formula is C12H14O2Se. The van der Waals surface area contributed by atoms with Gasteiger partial charge in [0.15, 0.2) is 0 Å². The summed E-state index contributed by atoms with van der Waals surface area (Å²) >= 11 is -0.0963. The minimum absolute atomic E-state index is 0.0963. The number of hydrogen-bond donors (Lipinski definition) is 0. The Kier molecular flexibility index (Phi) is 4.73. The molecule has 0 unspecified atom stereocenters. The maximum atomic E-state index is 11.7. The van der Waals surface area contributed by atoms with Gasteiger partial charge in [0.05, 0.1) is 0 Å². The standard InChI is InChI=1S/C12H14O2Se/c1-9-3-5-11(6-4-9)12(14)15-8-7-10(2)13/h3-6H,7-8H2,1-2H3. The zero-order valence-corrected chi connectivity index (χ0v) is 10.7. The Morgan fingerprint density at radius 2 is 1.80 bits per heavy atom. The second-order valence-corrected chi connectivity index (χ2v) is 5.69. The van der Waals surface area contributed by atoms with E-state index in [0.717, 1.165) is 16.4 Å². The van der Waals surface area contributed by atoms with Gasteiger partial charge in [-0.1, -0.05) is 0 Å². The third-order valence-electron chi connectivity index (χ3n) is 1.97. The molecule has 3 heteroatoms. The van der Waals surface area contributed by atoms with E-state index in [1.807, 2.05) is 31.2 Å². The van der Waals surface area contributed by atoms with E-state index in [1.54, 1.807) is 6.92 Å². The summed E-state index contributed by atoms with van der Waals surface area (Å²) in [6.45, 7) is 3.56. The molecule has 0 saturated carbocycles. The number of carbonyl (C=O) groups excluding carboxylic acids is 2. The summed E-state index contributed by atoms with van der Waals surface area (Å²) < 4.78 is 0.184. The van der Waals surface area contributed by atoms with Gasteiger partial charge >= 0.3 is 96.0 Å². The van der Waals surface area contributed by atoms with Crippen LogP contribution in [-0.4, -0.2) is 25.4 Å². The molecule has 1 aromatic carbocycles. The monoisotopic (exact) mass is 270 g/mol. The summed E-state index contributed by atoms with van der Waals surface area (Å²) in [7, 11) is 0. The molecule has 1 rings (SSSR count). The number of Topliss-reactive ketones (excluding diaryl/α,β-unsaturated/α-hetero) is 1. The molecule has 0 radical (unpaired) electrons. The fraction of sp³-hybridized carbons (Fsp3) is 0.333. The number of carbonyl (C=O) groups is 2. The predicted octanol–water partition coefficient (Wildman–Crippen LogP) is 2.24. The normalized spacial score (nSPS) is 10.0. The molecule has 15 heavy (non-hydrogen) atoms. The first-order valence-corrected chi connectivity index (χ1v) is 6.89. The van der Waals surface area contributed by atoms with Crippen molar-refractivity contribution in [2.24, 2.45) is 0 Å². The van der Waals surface area contributed by atoms with Gasteiger partial charge in [-0.3, -0.25) is 0 Å². The molecule has 0 aliphatic rings. The quantitative estimate of drug-likeness (QED) is 0.768. The first-order valence-electron chi connectivity index (χ1n) is 4.83. The Balaban J connectivity index is 2.47. The van der Waals surface area contributed by atoms with E-state index in [9.17, 15) is 9.59 Å². The number of hydrogen-bond acceptors (Lipinski definition) is 2. The van der Waals surface area contributed by atoms with Crippen LogP contribution in [0.5, 0.6) is 0 Å². The van der Waals surface area contributed by atoms with Crippen LogP contribution < -0.4 is 0 Å². The van der Waals surface area contributed by atoms with Crippen molar-refractivity contribution in [3.05, 3.63) is 35.4 Å². The fourth-order valence-electron chi connectivity index (χ4n) is 1.06. The zero-order chi connectivity index (χ0) is 11.3. The van der Waals surface area contributed by atoms with Gasteiger partial charge in [-0.05, 0) is 0 Å². The SMILES string of the molecule is CC(=O)CC[Se]C(=O)c1ccc(C)cc1. The van der Waals surface area contributed by atoms with E-state index in [2.05, 4.69) is 0 Å². The summed E-state index contributed by atoms with van der Waals surface area (Å²) in [6, 6.07) is 7.59. The van der Waals surface area contributed by atoms with Crippen molar-refractivity contribution in [1.29, 1.82) is 0 Å². The molecule has 0 fully saturated rings. The Morgan fingerprint density at radius 1 is 1.20 bits per heavy atom. The van der Waals surface area contributed by atoms with Gasteiger partial charge in [-0.25, -0.2) is 0 Å². The Labute approximate surface area is 96.2 Å². The van der Waals surface area contributed by atoms with Gasteiger partial charge in [0, 0.05) is 0 Å². The van der Waals surface area contributed by atoms with Crippen LogP contribution in [0.1, 0.15) is 29.3 Å². The van der Waals surface area contributed by atoms with Crippen molar-refractivity contribution in [3.8, 4) is 0 Å². The van der Waals surface area contributed by atoms with Gasteiger partial charge in [-0.2, -0.15) is 0 Å². The van der Waals surface area contributed by atoms with E-state index >= 15 is 0 Å². The Bertz CT molecular complexity index is 354. The first-order chi connectivity index (χ1) is 7.09. The van der Waals surface area contributed by atoms with Crippen LogP contribution in [0.4, 0.5) is 0 Å². The van der Waals surface area contributed by atoms with Gasteiger partial charge < -0.3 is 0 Å². The first kappa shape index (κ1) is 12.2. The fourth-order valence-corrected chi connectivity index (χ4v) is 2.90. The Hall–Kier alpha value is -0.921. The summed E-state index contributed by atoms with van der Waals surface area (Å²) in [4.78, 5) is 22.4. The molecule has 0 aromatic heterocycles. The molecule has 1 aromatic rings. The van der Waals surface area contributed by atoms with Crippen LogP contribution in [0.15, 0.2) is 24.3 Å².